The van der Waals surface area contributed by atoms with Gasteiger partial charge in [0.05, 0.1) is 38.1 Å². The van der Waals surface area contributed by atoms with Gasteiger partial charge in [-0.15, -0.1) is 0 Å². The molecule has 0 saturated carbocycles. The summed E-state index contributed by atoms with van der Waals surface area (Å²) in [6.45, 7) is 17.6. The average molecular weight is 1170 g/mol. The molecule has 0 aliphatic carbocycles. The highest BCUT2D eigenvalue weighted by Crippen LogP contribution is 2.35. The third kappa shape index (κ3) is 22.5. The second-order valence-corrected chi connectivity index (χ2v) is 21.6. The molecule has 0 radical (unpaired) electrons. The Morgan fingerprint density at radius 1 is 0.400 bits per heavy atom. The minimum Gasteiger partial charge on any atom is -0.382 e. The fraction of sp³-hybridized carbons (Fsp3) is 0.500. The van der Waals surface area contributed by atoms with Crippen molar-refractivity contribution >= 4 is 0 Å². The first kappa shape index (κ1) is 70.6. The maximum Gasteiger partial charge on any atom is 0.147 e. The van der Waals surface area contributed by atoms with E-state index in [-0.39, 0.29) is 73.2 Å². The van der Waals surface area contributed by atoms with Crippen LogP contribution in [0.4, 0.5) is 0 Å². The zero-order valence-electron chi connectivity index (χ0n) is 53.3. The summed E-state index contributed by atoms with van der Waals surface area (Å²) in [6, 6.07) is 56.6. The molecule has 4 fully saturated rings. The summed E-state index contributed by atoms with van der Waals surface area (Å²) in [4.78, 5) is 0. The van der Waals surface area contributed by atoms with Crippen LogP contribution in [0, 0.1) is 20.8 Å². The molecule has 13 nitrogen and oxygen atoms in total. The number of aryl methyl sites for hydroxylation is 3. The van der Waals surface area contributed by atoms with Crippen LogP contribution in [0.15, 0.2) is 164 Å². The SMILES string of the molecule is CCC(OC)c1ccc(C)cc1.CCC1OCOC2C(CC)OCOC12.COC(c1ccccc1)C(OC)c1ccccc1.COC1COC2C(OC)COC12.COCC(OC)c1ccccc1.Cc1ccc(CC(C)c2ccc(C)cc2)cc1. The summed E-state index contributed by atoms with van der Waals surface area (Å²) in [5.74, 6) is 0.582. The molecular formula is C72H100O13. The zero-order chi connectivity index (χ0) is 61.3. The highest BCUT2D eigenvalue weighted by Gasteiger charge is 2.48. The molecule has 0 aromatic heterocycles. The fourth-order valence-electron chi connectivity index (χ4n) is 10.6. The molecule has 13 unspecified atom stereocenters. The monoisotopic (exact) mass is 1170 g/mol. The first-order valence-corrected chi connectivity index (χ1v) is 30.1. The molecule has 0 amide bonds. The number of hydrogen-bond donors (Lipinski definition) is 0. The van der Waals surface area contributed by atoms with Gasteiger partial charge in [0.2, 0.25) is 0 Å². The molecule has 13 atom stereocenters. The number of fused-ring (bicyclic) bond motifs is 2. The topological polar surface area (TPSA) is 120 Å². The third-order valence-corrected chi connectivity index (χ3v) is 15.7. The molecule has 0 N–H and O–H groups in total. The molecule has 4 saturated heterocycles. The Kier molecular flexibility index (Phi) is 32.8. The zero-order valence-corrected chi connectivity index (χ0v) is 53.3. The van der Waals surface area contributed by atoms with Crippen molar-refractivity contribution in [3.8, 4) is 0 Å². The van der Waals surface area contributed by atoms with Gasteiger partial charge in [0.25, 0.3) is 0 Å². The average Bonchev–Trinajstić information content (AvgIpc) is 3.52. The van der Waals surface area contributed by atoms with E-state index in [1.807, 2.05) is 66.7 Å². The van der Waals surface area contributed by atoms with E-state index in [1.165, 1.54) is 33.4 Å². The number of hydrogen-bond acceptors (Lipinski definition) is 13. The van der Waals surface area contributed by atoms with E-state index in [0.29, 0.717) is 39.3 Å². The van der Waals surface area contributed by atoms with Crippen molar-refractivity contribution in [2.75, 3.05) is 83.2 Å². The first-order chi connectivity index (χ1) is 41.4. The Balaban J connectivity index is 0.000000188. The van der Waals surface area contributed by atoms with E-state index in [2.05, 4.69) is 146 Å². The molecule has 13 heteroatoms. The predicted octanol–water partition coefficient (Wildman–Crippen LogP) is 14.6. The molecule has 466 valence electrons. The lowest BCUT2D eigenvalue weighted by Gasteiger charge is -2.43. The lowest BCUT2D eigenvalue weighted by atomic mass is 9.93. The van der Waals surface area contributed by atoms with Crippen LogP contribution in [0.25, 0.3) is 0 Å². The molecule has 10 rings (SSSR count). The Labute approximate surface area is 509 Å². The minimum absolute atomic E-state index is 0.0486. The molecule has 4 aliphatic rings. The van der Waals surface area contributed by atoms with Gasteiger partial charge >= 0.3 is 0 Å². The van der Waals surface area contributed by atoms with Gasteiger partial charge in [0.15, 0.2) is 0 Å². The summed E-state index contributed by atoms with van der Waals surface area (Å²) in [6.07, 6.45) is 4.88. The summed E-state index contributed by atoms with van der Waals surface area (Å²) >= 11 is 0. The normalized spacial score (nSPS) is 22.8. The second-order valence-electron chi connectivity index (χ2n) is 21.6. The van der Waals surface area contributed by atoms with E-state index in [0.717, 1.165) is 42.4 Å². The highest BCUT2D eigenvalue weighted by molar-refractivity contribution is 5.29. The molecule has 4 heterocycles. The van der Waals surface area contributed by atoms with E-state index in [1.54, 1.807) is 49.8 Å². The quantitative estimate of drug-likeness (QED) is 0.0766. The highest BCUT2D eigenvalue weighted by atomic mass is 16.8. The van der Waals surface area contributed by atoms with Crippen LogP contribution < -0.4 is 0 Å². The van der Waals surface area contributed by atoms with Crippen LogP contribution in [0.3, 0.4) is 0 Å². The van der Waals surface area contributed by atoms with Crippen molar-refractivity contribution in [2.45, 2.75) is 153 Å². The Morgan fingerprint density at radius 2 is 0.776 bits per heavy atom. The van der Waals surface area contributed by atoms with Gasteiger partial charge in [0, 0.05) is 49.8 Å². The summed E-state index contributed by atoms with van der Waals surface area (Å²) in [5, 5.41) is 0. The Morgan fingerprint density at radius 3 is 1.13 bits per heavy atom. The second kappa shape index (κ2) is 39.6. The van der Waals surface area contributed by atoms with E-state index >= 15 is 0 Å². The van der Waals surface area contributed by atoms with E-state index in [4.69, 9.17) is 61.6 Å². The minimum atomic E-state index is -0.0985. The molecule has 6 aromatic carbocycles. The molecule has 6 aromatic rings. The van der Waals surface area contributed by atoms with Crippen molar-refractivity contribution in [3.63, 3.8) is 0 Å². The Bertz CT molecular complexity index is 2520. The van der Waals surface area contributed by atoms with Crippen LogP contribution in [0.2, 0.25) is 0 Å². The van der Waals surface area contributed by atoms with Crippen LogP contribution >= 0.6 is 0 Å². The molecule has 0 bridgehead atoms. The molecule has 4 aliphatic heterocycles. The maximum atomic E-state index is 5.62. The summed E-state index contributed by atoms with van der Waals surface area (Å²) in [5.41, 5.74) is 11.5. The van der Waals surface area contributed by atoms with Crippen LogP contribution in [-0.2, 0) is 68.0 Å². The van der Waals surface area contributed by atoms with Crippen molar-refractivity contribution in [3.05, 3.63) is 214 Å². The number of methoxy groups -OCH3 is 7. The third-order valence-electron chi connectivity index (χ3n) is 15.7. The van der Waals surface area contributed by atoms with Gasteiger partial charge in [-0.05, 0) is 85.8 Å². The van der Waals surface area contributed by atoms with Crippen molar-refractivity contribution < 1.29 is 61.6 Å². The van der Waals surface area contributed by atoms with Gasteiger partial charge in [-0.2, -0.15) is 0 Å². The number of ether oxygens (including phenoxy) is 13. The predicted molar refractivity (Wildman–Crippen MR) is 337 cm³/mol. The van der Waals surface area contributed by atoms with Gasteiger partial charge in [-0.3, -0.25) is 0 Å². The van der Waals surface area contributed by atoms with E-state index in [9.17, 15) is 0 Å². The van der Waals surface area contributed by atoms with E-state index < -0.39 is 0 Å². The van der Waals surface area contributed by atoms with Crippen molar-refractivity contribution in [2.24, 2.45) is 0 Å². The lowest BCUT2D eigenvalue weighted by Crippen LogP contribution is -2.56. The number of rotatable bonds is 19. The molecule has 0 spiro atoms. The van der Waals surface area contributed by atoms with Crippen molar-refractivity contribution in [1.82, 2.24) is 0 Å². The molecular weight excluding hydrogens is 1070 g/mol. The summed E-state index contributed by atoms with van der Waals surface area (Å²) < 4.78 is 70.3. The fourth-order valence-corrected chi connectivity index (χ4v) is 10.6. The molecule has 85 heavy (non-hydrogen) atoms. The van der Waals surface area contributed by atoms with Gasteiger partial charge < -0.3 is 61.6 Å². The van der Waals surface area contributed by atoms with Crippen LogP contribution in [-0.4, -0.2) is 132 Å². The number of benzene rings is 6. The Hall–Kier alpha value is -5.20. The smallest absolute Gasteiger partial charge is 0.147 e. The maximum absolute atomic E-state index is 5.62. The van der Waals surface area contributed by atoms with Gasteiger partial charge in [0.1, 0.15) is 68.5 Å². The van der Waals surface area contributed by atoms with Gasteiger partial charge in [-0.1, -0.05) is 208 Å². The van der Waals surface area contributed by atoms with Crippen LogP contribution in [0.1, 0.15) is 127 Å². The van der Waals surface area contributed by atoms with Gasteiger partial charge in [-0.25, -0.2) is 0 Å². The standard InChI is InChI=1S/C17H20.C16H18O2.C11H16O.C10H18O4.C10H14O2.C8H14O4/c1-13-4-8-16(9-5-13)12-15(3)17-10-6-14(2)7-11-17;1-17-15(13-9-5-3-6-10-13)16(18-2)14-11-7-4-8-12-14;1-4-11(12-3)10-7-5-9(2)6-8-10;1-3-7-9-10(14-5-11-7)8(4-2)12-6-13-9;1-11-8-10(12-2)9-6-4-3-5-7-9;1-9-5-3-11-8-6(10-2)4-12-7(5)8/h4-11,15H,12H2,1-3H3;3-12,15-16H,1-2H3;5-8,11H,4H2,1-3H3;7-10H,3-6H2,1-2H3;3-7,10H,8H2,1-2H3;5-8H,3-4H2,1-2H3. The summed E-state index contributed by atoms with van der Waals surface area (Å²) in [7, 11) is 11.9. The first-order valence-electron chi connectivity index (χ1n) is 30.1. The van der Waals surface area contributed by atoms with Crippen LogP contribution in [0.5, 0.6) is 0 Å². The van der Waals surface area contributed by atoms with Crippen molar-refractivity contribution in [1.29, 1.82) is 0 Å². The lowest BCUT2D eigenvalue weighted by molar-refractivity contribution is -0.322. The largest absolute Gasteiger partial charge is 0.382 e.